The highest BCUT2D eigenvalue weighted by molar-refractivity contribution is 6.02. The number of benzene rings is 1. The van der Waals surface area contributed by atoms with Gasteiger partial charge in [0.05, 0.1) is 0 Å². The molecule has 3 N–H and O–H groups in total. The number of Topliss-reactive ketones (excluding diaryl/α,β-unsaturated/α-hetero) is 2. The van der Waals surface area contributed by atoms with Crippen molar-refractivity contribution in [3.05, 3.63) is 35.4 Å². The largest absolute Gasteiger partial charge is 0.294 e. The first kappa shape index (κ1) is 14.1. The van der Waals surface area contributed by atoms with Crippen LogP contribution in [0.25, 0.3) is 0 Å². The van der Waals surface area contributed by atoms with E-state index in [1.807, 2.05) is 31.2 Å². The summed E-state index contributed by atoms with van der Waals surface area (Å²) in [6, 6.07) is 7.33. The number of quaternary nitrogens is 3. The molecule has 0 atom stereocenters. The van der Waals surface area contributed by atoms with E-state index in [2.05, 4.69) is 0 Å². The lowest BCUT2D eigenvalue weighted by Crippen LogP contribution is -3.56. The molecule has 116 valence electrons. The Kier molecular flexibility index (Phi) is 3.18. The molecular weight excluding hydrogens is 278 g/mol. The number of nitrogens with one attached hydrogen (secondary N) is 3. The number of carbonyl (C=O) groups excluding carboxylic acids is 2. The smallest absolute Gasteiger partial charge is 0.213 e. The summed E-state index contributed by atoms with van der Waals surface area (Å²) in [5.74, 6) is 0.421. The van der Waals surface area contributed by atoms with Crippen LogP contribution >= 0.6 is 0 Å². The molecule has 0 aliphatic carbocycles. The van der Waals surface area contributed by atoms with Crippen LogP contribution in [0.5, 0.6) is 0 Å². The van der Waals surface area contributed by atoms with Crippen LogP contribution in [0.2, 0.25) is 0 Å². The van der Waals surface area contributed by atoms with Crippen molar-refractivity contribution in [1.29, 1.82) is 0 Å². The van der Waals surface area contributed by atoms with Gasteiger partial charge in [-0.25, -0.2) is 14.7 Å². The molecule has 0 unspecified atom stereocenters. The molecule has 1 aromatic rings. The maximum absolute atomic E-state index is 13.1. The molecule has 0 amide bonds. The van der Waals surface area contributed by atoms with Gasteiger partial charge in [0.1, 0.15) is 19.6 Å². The molecule has 5 rings (SSSR count). The predicted molar refractivity (Wildman–Crippen MR) is 79.9 cm³/mol. The lowest BCUT2D eigenvalue weighted by Gasteiger charge is -2.51. The average molecular weight is 302 g/mol. The van der Waals surface area contributed by atoms with E-state index >= 15 is 0 Å². The van der Waals surface area contributed by atoms with Crippen molar-refractivity contribution < 1.29 is 24.3 Å². The van der Waals surface area contributed by atoms with Crippen molar-refractivity contribution >= 4 is 11.6 Å². The zero-order chi connectivity index (χ0) is 15.3. The first-order valence-electron chi connectivity index (χ1n) is 8.28. The number of hydrogen-bond acceptors (Lipinski definition) is 2. The molecular formula is C17H24N3O2+3. The first-order valence-corrected chi connectivity index (χ1v) is 8.28. The number of carbonyl (C=O) groups is 2. The molecule has 4 aliphatic rings. The fourth-order valence-electron chi connectivity index (χ4n) is 4.80. The molecule has 22 heavy (non-hydrogen) atoms. The van der Waals surface area contributed by atoms with Gasteiger partial charge >= 0.3 is 0 Å². The quantitative estimate of drug-likeness (QED) is 0.520. The van der Waals surface area contributed by atoms with E-state index in [-0.39, 0.29) is 17.0 Å². The van der Waals surface area contributed by atoms with E-state index in [1.165, 1.54) is 20.0 Å². The van der Waals surface area contributed by atoms with Crippen LogP contribution in [-0.2, 0) is 0 Å². The number of hydrogen-bond donors (Lipinski definition) is 3. The summed E-state index contributed by atoms with van der Waals surface area (Å²) in [6.07, 6.45) is 0.506. The minimum absolute atomic E-state index is 0.135. The molecule has 0 spiro atoms. The second-order valence-corrected chi connectivity index (χ2v) is 7.27. The number of ketones is 2. The molecule has 4 heterocycles. The van der Waals surface area contributed by atoms with Crippen LogP contribution in [0.3, 0.4) is 0 Å². The van der Waals surface area contributed by atoms with Crippen LogP contribution in [0, 0.1) is 5.41 Å². The summed E-state index contributed by atoms with van der Waals surface area (Å²) < 4.78 is 0. The van der Waals surface area contributed by atoms with Crippen molar-refractivity contribution in [1.82, 2.24) is 0 Å². The van der Waals surface area contributed by atoms with Gasteiger partial charge in [-0.05, 0) is 0 Å². The van der Waals surface area contributed by atoms with Gasteiger partial charge in [0.25, 0.3) is 0 Å². The molecule has 0 aromatic heterocycles. The molecule has 4 aliphatic heterocycles. The lowest BCUT2D eigenvalue weighted by atomic mass is 9.75. The second-order valence-electron chi connectivity index (χ2n) is 7.27. The highest BCUT2D eigenvalue weighted by Crippen LogP contribution is 2.22. The fraction of sp³-hybridized carbons (Fsp3) is 0.529. The Labute approximate surface area is 130 Å². The van der Waals surface area contributed by atoms with Crippen molar-refractivity contribution in [3.8, 4) is 0 Å². The van der Waals surface area contributed by atoms with Crippen LogP contribution in [0.4, 0.5) is 0 Å². The summed E-state index contributed by atoms with van der Waals surface area (Å²) in [5, 5.41) is 0. The molecule has 5 heteroatoms. The van der Waals surface area contributed by atoms with E-state index in [1.54, 1.807) is 14.7 Å². The van der Waals surface area contributed by atoms with Crippen molar-refractivity contribution in [2.75, 3.05) is 39.6 Å². The van der Waals surface area contributed by atoms with Gasteiger partial charge < -0.3 is 0 Å². The van der Waals surface area contributed by atoms with Gasteiger partial charge in [-0.2, -0.15) is 0 Å². The highest BCUT2D eigenvalue weighted by atomic mass is 16.1. The first-order chi connectivity index (χ1) is 10.6. The van der Waals surface area contributed by atoms with Crippen LogP contribution in [0.1, 0.15) is 34.1 Å². The van der Waals surface area contributed by atoms with Crippen molar-refractivity contribution in [2.45, 2.75) is 13.3 Å². The Hall–Kier alpha value is -1.56. The zero-order valence-corrected chi connectivity index (χ0v) is 13.1. The van der Waals surface area contributed by atoms with Gasteiger partial charge in [0, 0.05) is 17.5 Å². The molecule has 5 nitrogen and oxygen atoms in total. The van der Waals surface area contributed by atoms with Crippen LogP contribution in [0.15, 0.2) is 24.3 Å². The summed E-state index contributed by atoms with van der Waals surface area (Å²) in [5.41, 5.74) is 1.30. The van der Waals surface area contributed by atoms with Gasteiger partial charge in [-0.1, -0.05) is 31.2 Å². The van der Waals surface area contributed by atoms with Crippen molar-refractivity contribution in [2.24, 2.45) is 5.41 Å². The summed E-state index contributed by atoms with van der Waals surface area (Å²) in [4.78, 5) is 29.6. The van der Waals surface area contributed by atoms with Gasteiger partial charge in [0.15, 0.2) is 17.0 Å². The van der Waals surface area contributed by atoms with Crippen LogP contribution in [-0.4, -0.2) is 51.2 Å². The second kappa shape index (κ2) is 4.98. The molecule has 0 radical (unpaired) electrons. The van der Waals surface area contributed by atoms with Gasteiger partial charge in [0.2, 0.25) is 20.0 Å². The third-order valence-corrected chi connectivity index (χ3v) is 5.54. The number of rotatable bonds is 4. The Morgan fingerprint density at radius 3 is 1.82 bits per heavy atom. The maximum atomic E-state index is 13.1. The third-order valence-electron chi connectivity index (χ3n) is 5.54. The van der Waals surface area contributed by atoms with E-state index in [4.69, 9.17) is 0 Å². The maximum Gasteiger partial charge on any atom is 0.213 e. The Morgan fingerprint density at radius 1 is 0.909 bits per heavy atom. The van der Waals surface area contributed by atoms with E-state index in [0.717, 1.165) is 25.2 Å². The normalized spacial score (nSPS) is 35.6. The topological polar surface area (TPSA) is 47.5 Å². The average Bonchev–Trinajstić information content (AvgIpc) is 2.52. The Bertz CT molecular complexity index is 588. The van der Waals surface area contributed by atoms with Crippen molar-refractivity contribution in [3.63, 3.8) is 0 Å². The van der Waals surface area contributed by atoms with E-state index in [0.29, 0.717) is 12.0 Å². The third kappa shape index (κ3) is 2.12. The molecule has 4 saturated heterocycles. The summed E-state index contributed by atoms with van der Waals surface area (Å²) in [6.45, 7) is 8.31. The minimum Gasteiger partial charge on any atom is -0.294 e. The van der Waals surface area contributed by atoms with E-state index < -0.39 is 0 Å². The van der Waals surface area contributed by atoms with Gasteiger partial charge in [-0.15, -0.1) is 0 Å². The predicted octanol–water partition coefficient (Wildman–Crippen LogP) is -2.98. The van der Waals surface area contributed by atoms with E-state index in [9.17, 15) is 9.59 Å². The summed E-state index contributed by atoms with van der Waals surface area (Å²) >= 11 is 0. The molecule has 4 fully saturated rings. The van der Waals surface area contributed by atoms with Crippen LogP contribution < -0.4 is 14.7 Å². The highest BCUT2D eigenvalue weighted by Gasteiger charge is 2.61. The zero-order valence-electron chi connectivity index (χ0n) is 13.1. The Morgan fingerprint density at radius 2 is 1.36 bits per heavy atom. The molecule has 4 bridgehead atoms. The summed E-state index contributed by atoms with van der Waals surface area (Å²) in [7, 11) is 0. The lowest BCUT2D eigenvalue weighted by molar-refractivity contribution is -1.30. The minimum atomic E-state index is -0.189. The molecule has 1 aromatic carbocycles. The van der Waals surface area contributed by atoms with Gasteiger partial charge in [-0.3, -0.25) is 9.59 Å². The molecule has 0 saturated carbocycles. The SMILES string of the molecule is CCC(=O)c1ccc(C(=O)C23C[NH+]4C[NH+](C[NH+](C4)C2)C3)cc1. The Balaban J connectivity index is 1.60. The standard InChI is InChI=1S/C17H21N3O2/c1-2-15(21)13-3-5-14(6-4-13)16(22)17-7-18-10-19(8-17)12-20(9-17)11-18/h3-6H,2,7-12H2,1H3/p+3. The fourth-order valence-corrected chi connectivity index (χ4v) is 4.80. The monoisotopic (exact) mass is 302 g/mol.